The molecule has 2 rings (SSSR count). The molecule has 0 aliphatic rings. The predicted molar refractivity (Wildman–Crippen MR) is 84.1 cm³/mol. The van der Waals surface area contributed by atoms with Gasteiger partial charge in [0.15, 0.2) is 0 Å². The van der Waals surface area contributed by atoms with E-state index in [0.29, 0.717) is 0 Å². The van der Waals surface area contributed by atoms with Gasteiger partial charge in [-0.1, -0.05) is 66.7 Å². The van der Waals surface area contributed by atoms with Gasteiger partial charge >= 0.3 is 0 Å². The molecule has 0 unspecified atom stereocenters. The minimum atomic E-state index is -2.40. The van der Waals surface area contributed by atoms with Crippen LogP contribution in [0.5, 0.6) is 0 Å². The Bertz CT molecular complexity index is 527. The van der Waals surface area contributed by atoms with Crippen molar-refractivity contribution in [1.82, 2.24) is 0 Å². The second-order valence-corrected chi connectivity index (χ2v) is 11.7. The van der Waals surface area contributed by atoms with Crippen LogP contribution in [0.3, 0.4) is 0 Å². The van der Waals surface area contributed by atoms with Crippen molar-refractivity contribution < 1.29 is 0 Å². The lowest BCUT2D eigenvalue weighted by Crippen LogP contribution is -2.16. The van der Waals surface area contributed by atoms with Gasteiger partial charge < -0.3 is 0 Å². The molecule has 0 aliphatic carbocycles. The fraction of sp³-hybridized carbons (Fsp3) is 0.0667. The van der Waals surface area contributed by atoms with Crippen LogP contribution in [0, 0.1) is 0 Å². The molecule has 0 aromatic heterocycles. The maximum Gasteiger partial charge on any atom is 0.278 e. The van der Waals surface area contributed by atoms with Crippen LogP contribution >= 0.6 is 22.2 Å². The summed E-state index contributed by atoms with van der Waals surface area (Å²) in [4.78, 5) is 0. The Labute approximate surface area is 118 Å². The zero-order chi connectivity index (χ0) is 13.0. The third kappa shape index (κ3) is 3.48. The van der Waals surface area contributed by atoms with Crippen LogP contribution in [-0.4, -0.2) is 6.69 Å². The first-order valence-corrected chi connectivity index (χ1v) is 10.3. The fourth-order valence-electron chi connectivity index (χ4n) is 1.80. The Morgan fingerprint density at radius 2 is 1.39 bits per heavy atom. The van der Waals surface area contributed by atoms with E-state index in [0.717, 1.165) is 16.3 Å². The minimum Gasteiger partial charge on any atom is -0.140 e. The van der Waals surface area contributed by atoms with Gasteiger partial charge in [0.2, 0.25) is 0 Å². The van der Waals surface area contributed by atoms with Gasteiger partial charge in [-0.2, -0.15) is 0 Å². The highest BCUT2D eigenvalue weighted by molar-refractivity contribution is 7.52. The molecule has 0 spiro atoms. The molecule has 0 fully saturated rings. The first-order chi connectivity index (χ1) is 8.57. The Morgan fingerprint density at radius 3 is 1.89 bits per heavy atom. The number of halogens is 2. The fourth-order valence-corrected chi connectivity index (χ4v) is 3.87. The van der Waals surface area contributed by atoms with Crippen molar-refractivity contribution in [2.45, 2.75) is 6.55 Å². The highest BCUT2D eigenvalue weighted by Gasteiger charge is 2.28. The minimum absolute atomic E-state index is 1.04. The summed E-state index contributed by atoms with van der Waals surface area (Å²) < 4.78 is 0. The highest BCUT2D eigenvalue weighted by Crippen LogP contribution is 2.33. The van der Waals surface area contributed by atoms with Crippen LogP contribution in [0.15, 0.2) is 60.7 Å². The average Bonchev–Trinajstić information content (AvgIpc) is 2.37. The van der Waals surface area contributed by atoms with Crippen LogP contribution in [0.4, 0.5) is 0 Å². The number of rotatable bonds is 3. The largest absolute Gasteiger partial charge is 0.278 e. The van der Waals surface area contributed by atoms with Gasteiger partial charge in [-0.25, -0.2) is 0 Å². The molecule has 0 saturated carbocycles. The quantitative estimate of drug-likeness (QED) is 0.408. The van der Waals surface area contributed by atoms with Crippen LogP contribution in [0.2, 0.25) is 6.55 Å². The summed E-state index contributed by atoms with van der Waals surface area (Å²) >= 11 is 12.8. The smallest absolute Gasteiger partial charge is 0.140 e. The first-order valence-electron chi connectivity index (χ1n) is 5.78. The zero-order valence-electron chi connectivity index (χ0n) is 10.1. The van der Waals surface area contributed by atoms with Crippen molar-refractivity contribution in [2.75, 3.05) is 0 Å². The third-order valence-corrected chi connectivity index (χ3v) is 5.27. The summed E-state index contributed by atoms with van der Waals surface area (Å²) in [6, 6.07) is 20.2. The van der Waals surface area contributed by atoms with Gasteiger partial charge in [-0.05, 0) is 22.9 Å². The van der Waals surface area contributed by atoms with Crippen molar-refractivity contribution in [3.05, 3.63) is 71.8 Å². The van der Waals surface area contributed by atoms with Gasteiger partial charge in [-0.15, -0.1) is 22.2 Å². The molecule has 0 nitrogen and oxygen atoms in total. The van der Waals surface area contributed by atoms with Crippen molar-refractivity contribution in [1.29, 1.82) is 0 Å². The SMILES string of the molecule is C[Si](Cl)(Cl)C(=Cc1ccccc1)c1ccccc1. The summed E-state index contributed by atoms with van der Waals surface area (Å²) in [6.45, 7) is -0.476. The first kappa shape index (κ1) is 13.4. The van der Waals surface area contributed by atoms with Crippen LogP contribution in [0.25, 0.3) is 11.3 Å². The van der Waals surface area contributed by atoms with E-state index in [1.807, 2.05) is 55.1 Å². The summed E-state index contributed by atoms with van der Waals surface area (Å²) in [5.41, 5.74) is 2.22. The van der Waals surface area contributed by atoms with Gasteiger partial charge in [0.1, 0.15) is 0 Å². The van der Waals surface area contributed by atoms with Crippen LogP contribution < -0.4 is 0 Å². The van der Waals surface area contributed by atoms with Gasteiger partial charge in [0, 0.05) is 0 Å². The van der Waals surface area contributed by atoms with Crippen LogP contribution in [-0.2, 0) is 0 Å². The van der Waals surface area contributed by atoms with Crippen molar-refractivity contribution >= 4 is 40.1 Å². The van der Waals surface area contributed by atoms with E-state index in [4.69, 9.17) is 22.2 Å². The van der Waals surface area contributed by atoms with E-state index >= 15 is 0 Å². The van der Waals surface area contributed by atoms with Crippen molar-refractivity contribution in [3.63, 3.8) is 0 Å². The van der Waals surface area contributed by atoms with Gasteiger partial charge in [0.05, 0.1) is 0 Å². The van der Waals surface area contributed by atoms with Crippen molar-refractivity contribution in [3.8, 4) is 0 Å². The molecule has 0 aliphatic heterocycles. The van der Waals surface area contributed by atoms with E-state index in [9.17, 15) is 0 Å². The molecule has 2 aromatic rings. The standard InChI is InChI=1S/C15H14Cl2Si/c1-18(16,17)15(14-10-6-3-7-11-14)12-13-8-4-2-5-9-13/h2-12H,1H3. The summed E-state index contributed by atoms with van der Waals surface area (Å²) in [7, 11) is 0. The summed E-state index contributed by atoms with van der Waals surface area (Å²) in [5, 5.41) is 1.04. The molecule has 0 N–H and O–H groups in total. The Morgan fingerprint density at radius 1 is 0.889 bits per heavy atom. The second-order valence-electron chi connectivity index (χ2n) is 4.22. The lowest BCUT2D eigenvalue weighted by atomic mass is 10.1. The molecule has 92 valence electrons. The molecule has 0 heterocycles. The molecule has 3 heteroatoms. The van der Waals surface area contributed by atoms with Gasteiger partial charge in [-0.3, -0.25) is 0 Å². The maximum atomic E-state index is 6.42. The average molecular weight is 293 g/mol. The van der Waals surface area contributed by atoms with Crippen molar-refractivity contribution in [2.24, 2.45) is 0 Å². The molecule has 18 heavy (non-hydrogen) atoms. The normalized spacial score (nSPS) is 12.5. The molecular weight excluding hydrogens is 279 g/mol. The monoisotopic (exact) mass is 292 g/mol. The summed E-state index contributed by atoms with van der Waals surface area (Å²) in [5.74, 6) is 0. The van der Waals surface area contributed by atoms with Crippen LogP contribution in [0.1, 0.15) is 11.1 Å². The van der Waals surface area contributed by atoms with E-state index in [1.165, 1.54) is 0 Å². The Hall–Kier alpha value is -1.02. The molecule has 0 saturated heterocycles. The van der Waals surface area contributed by atoms with E-state index < -0.39 is 6.69 Å². The topological polar surface area (TPSA) is 0 Å². The van der Waals surface area contributed by atoms with E-state index in [2.05, 4.69) is 18.2 Å². The molecule has 0 amide bonds. The lowest BCUT2D eigenvalue weighted by Gasteiger charge is -2.16. The number of hydrogen-bond acceptors (Lipinski definition) is 0. The Balaban J connectivity index is 2.48. The molecule has 0 atom stereocenters. The molecule has 2 aromatic carbocycles. The number of benzene rings is 2. The van der Waals surface area contributed by atoms with E-state index in [-0.39, 0.29) is 0 Å². The molecular formula is C15H14Cl2Si. The highest BCUT2D eigenvalue weighted by atomic mass is 35.7. The maximum absolute atomic E-state index is 6.42. The number of hydrogen-bond donors (Lipinski definition) is 0. The Kier molecular flexibility index (Phi) is 4.28. The van der Waals surface area contributed by atoms with Gasteiger partial charge in [0.25, 0.3) is 6.69 Å². The van der Waals surface area contributed by atoms with E-state index in [1.54, 1.807) is 0 Å². The molecule has 0 radical (unpaired) electrons. The molecule has 0 bridgehead atoms. The predicted octanol–water partition coefficient (Wildman–Crippen LogP) is 5.32. The summed E-state index contributed by atoms with van der Waals surface area (Å²) in [6.07, 6.45) is 2.08. The second kappa shape index (κ2) is 5.74. The zero-order valence-corrected chi connectivity index (χ0v) is 12.6. The lowest BCUT2D eigenvalue weighted by molar-refractivity contribution is 1.63. The third-order valence-electron chi connectivity index (χ3n) is 2.67.